The molecule has 26 heavy (non-hydrogen) atoms. The van der Waals surface area contributed by atoms with E-state index in [0.717, 1.165) is 48.8 Å². The topological polar surface area (TPSA) is 43.1 Å². The summed E-state index contributed by atoms with van der Waals surface area (Å²) in [6, 6.07) is 7.94. The van der Waals surface area contributed by atoms with Gasteiger partial charge in [0.2, 0.25) is 0 Å². The van der Waals surface area contributed by atoms with Gasteiger partial charge in [-0.05, 0) is 39.6 Å². The SMILES string of the molecule is C=C/C=C1\C(=C)/C(=C\CN)C2=C(c3cccs3)C(=O)C(c3cccs3)=C21. The molecule has 0 aliphatic heterocycles. The van der Waals surface area contributed by atoms with Gasteiger partial charge in [-0.3, -0.25) is 4.79 Å². The second-order valence-corrected chi connectivity index (χ2v) is 7.83. The van der Waals surface area contributed by atoms with E-state index in [-0.39, 0.29) is 5.78 Å². The molecule has 0 aromatic carbocycles. The second kappa shape index (κ2) is 6.65. The van der Waals surface area contributed by atoms with Crippen LogP contribution in [-0.4, -0.2) is 12.3 Å². The van der Waals surface area contributed by atoms with E-state index in [9.17, 15) is 4.79 Å². The highest BCUT2D eigenvalue weighted by Gasteiger charge is 2.42. The summed E-state index contributed by atoms with van der Waals surface area (Å²) in [4.78, 5) is 15.4. The molecule has 2 aliphatic carbocycles. The number of rotatable bonds is 4. The Labute approximate surface area is 160 Å². The molecule has 128 valence electrons. The summed E-state index contributed by atoms with van der Waals surface area (Å²) in [5.41, 5.74) is 12.1. The number of Topliss-reactive ketones (excluding diaryl/α,β-unsaturated/α-hetero) is 1. The first-order chi connectivity index (χ1) is 12.7. The van der Waals surface area contributed by atoms with Crippen LogP contribution in [0.15, 0.2) is 94.3 Å². The minimum Gasteiger partial charge on any atom is -0.327 e. The maximum absolute atomic E-state index is 13.5. The van der Waals surface area contributed by atoms with Gasteiger partial charge in [0.1, 0.15) is 0 Å². The van der Waals surface area contributed by atoms with Gasteiger partial charge >= 0.3 is 0 Å². The molecule has 2 aromatic heterocycles. The standard InChI is InChI=1S/C22H17NOS2/c1-3-6-14-13(2)15(9-10-23)19-18(14)20(16-7-4-11-25-16)22(24)21(19)17-8-5-12-26-17/h3-9,11-12H,1-2,10,23H2/b14-6+,15-9+. The summed E-state index contributed by atoms with van der Waals surface area (Å²) in [5, 5.41) is 3.99. The van der Waals surface area contributed by atoms with E-state index < -0.39 is 0 Å². The zero-order valence-corrected chi connectivity index (χ0v) is 15.8. The van der Waals surface area contributed by atoms with Crippen LogP contribution in [0.25, 0.3) is 11.1 Å². The van der Waals surface area contributed by atoms with Crippen LogP contribution in [-0.2, 0) is 4.79 Å². The third-order valence-corrected chi connectivity index (χ3v) is 6.31. The van der Waals surface area contributed by atoms with Crippen molar-refractivity contribution in [3.8, 4) is 0 Å². The predicted octanol–water partition coefficient (Wildman–Crippen LogP) is 5.17. The van der Waals surface area contributed by atoms with Crippen molar-refractivity contribution in [2.75, 3.05) is 6.54 Å². The minimum atomic E-state index is 0.0743. The van der Waals surface area contributed by atoms with Gasteiger partial charge in [0.25, 0.3) is 0 Å². The summed E-state index contributed by atoms with van der Waals surface area (Å²) in [5.74, 6) is 0.0743. The number of carbonyl (C=O) groups is 1. The number of hydrogen-bond acceptors (Lipinski definition) is 4. The first kappa shape index (κ1) is 16.9. The molecule has 1 saturated carbocycles. The molecule has 4 rings (SSSR count). The lowest BCUT2D eigenvalue weighted by molar-refractivity contribution is -0.108. The molecule has 0 atom stereocenters. The Kier molecular flexibility index (Phi) is 4.32. The fraction of sp³-hybridized carbons (Fsp3) is 0.0455. The average Bonchev–Trinajstić information content (AvgIpc) is 3.39. The van der Waals surface area contributed by atoms with Gasteiger partial charge in [0.05, 0.1) is 0 Å². The van der Waals surface area contributed by atoms with E-state index in [1.165, 1.54) is 0 Å². The molecule has 2 N–H and O–H groups in total. The molecule has 0 unspecified atom stereocenters. The Balaban J connectivity index is 2.10. The molecular formula is C22H17NOS2. The Morgan fingerprint density at radius 2 is 1.54 bits per heavy atom. The summed E-state index contributed by atoms with van der Waals surface area (Å²) >= 11 is 3.16. The van der Waals surface area contributed by atoms with E-state index in [0.29, 0.717) is 6.54 Å². The van der Waals surface area contributed by atoms with Gasteiger partial charge in [-0.25, -0.2) is 0 Å². The molecule has 0 spiro atoms. The lowest BCUT2D eigenvalue weighted by Gasteiger charge is -2.07. The van der Waals surface area contributed by atoms with Gasteiger partial charge in [-0.15, -0.1) is 22.7 Å². The van der Waals surface area contributed by atoms with E-state index >= 15 is 0 Å². The van der Waals surface area contributed by atoms with Crippen LogP contribution in [0.3, 0.4) is 0 Å². The second-order valence-electron chi connectivity index (χ2n) is 5.93. The summed E-state index contributed by atoms with van der Waals surface area (Å²) in [6.07, 6.45) is 5.64. The fourth-order valence-electron chi connectivity index (χ4n) is 3.54. The summed E-state index contributed by atoms with van der Waals surface area (Å²) < 4.78 is 0. The highest BCUT2D eigenvalue weighted by molar-refractivity contribution is 7.12. The van der Waals surface area contributed by atoms with Gasteiger partial charge in [0, 0.05) is 38.6 Å². The zero-order valence-electron chi connectivity index (χ0n) is 14.1. The molecule has 0 saturated heterocycles. The highest BCUT2D eigenvalue weighted by atomic mass is 32.1. The van der Waals surface area contributed by atoms with Crippen LogP contribution < -0.4 is 5.73 Å². The summed E-state index contributed by atoms with van der Waals surface area (Å²) in [6.45, 7) is 8.52. The molecule has 2 nitrogen and oxygen atoms in total. The van der Waals surface area contributed by atoms with Crippen molar-refractivity contribution >= 4 is 39.6 Å². The largest absolute Gasteiger partial charge is 0.327 e. The number of fused-ring (bicyclic) bond motifs is 1. The number of ketones is 1. The van der Waals surface area contributed by atoms with E-state index in [4.69, 9.17) is 5.73 Å². The normalized spacial score (nSPS) is 20.0. The summed E-state index contributed by atoms with van der Waals surface area (Å²) in [7, 11) is 0. The fourth-order valence-corrected chi connectivity index (χ4v) is 5.09. The minimum absolute atomic E-state index is 0.0743. The number of allylic oxidation sites excluding steroid dienone is 9. The highest BCUT2D eigenvalue weighted by Crippen LogP contribution is 2.55. The van der Waals surface area contributed by atoms with E-state index in [2.05, 4.69) is 13.2 Å². The molecule has 0 amide bonds. The van der Waals surface area contributed by atoms with E-state index in [1.807, 2.05) is 47.2 Å². The number of nitrogens with two attached hydrogens (primary N) is 1. The molecular weight excluding hydrogens is 358 g/mol. The molecule has 1 fully saturated rings. The monoisotopic (exact) mass is 375 g/mol. The maximum atomic E-state index is 13.5. The van der Waals surface area contributed by atoms with Crippen molar-refractivity contribution in [1.82, 2.24) is 0 Å². The van der Waals surface area contributed by atoms with Crippen LogP contribution in [0.1, 0.15) is 9.75 Å². The van der Waals surface area contributed by atoms with Crippen LogP contribution >= 0.6 is 22.7 Å². The molecule has 2 aliphatic rings. The quantitative estimate of drug-likeness (QED) is 0.801. The molecule has 2 heterocycles. The predicted molar refractivity (Wildman–Crippen MR) is 112 cm³/mol. The van der Waals surface area contributed by atoms with Crippen molar-refractivity contribution in [1.29, 1.82) is 0 Å². The van der Waals surface area contributed by atoms with Gasteiger partial charge in [0.15, 0.2) is 5.78 Å². The van der Waals surface area contributed by atoms with Crippen LogP contribution in [0.5, 0.6) is 0 Å². The van der Waals surface area contributed by atoms with E-state index in [1.54, 1.807) is 28.7 Å². The van der Waals surface area contributed by atoms with Gasteiger partial charge in [-0.1, -0.05) is 43.5 Å². The van der Waals surface area contributed by atoms with Crippen molar-refractivity contribution in [3.63, 3.8) is 0 Å². The van der Waals surface area contributed by atoms with Crippen molar-refractivity contribution in [3.05, 3.63) is 104 Å². The van der Waals surface area contributed by atoms with Crippen molar-refractivity contribution < 1.29 is 4.79 Å². The molecule has 0 radical (unpaired) electrons. The lowest BCUT2D eigenvalue weighted by Crippen LogP contribution is -2.02. The first-order valence-corrected chi connectivity index (χ1v) is 9.99. The number of thiophene rings is 2. The molecule has 2 aromatic rings. The lowest BCUT2D eigenvalue weighted by atomic mass is 9.98. The third kappa shape index (κ3) is 2.38. The van der Waals surface area contributed by atoms with Crippen LogP contribution in [0.2, 0.25) is 0 Å². The van der Waals surface area contributed by atoms with Crippen LogP contribution in [0, 0.1) is 0 Å². The number of hydrogen-bond donors (Lipinski definition) is 1. The smallest absolute Gasteiger partial charge is 0.197 e. The van der Waals surface area contributed by atoms with Gasteiger partial charge in [-0.2, -0.15) is 0 Å². The average molecular weight is 376 g/mol. The molecule has 4 heteroatoms. The Morgan fingerprint density at radius 3 is 2.00 bits per heavy atom. The Hall–Kier alpha value is -2.53. The van der Waals surface area contributed by atoms with Crippen molar-refractivity contribution in [2.45, 2.75) is 0 Å². The maximum Gasteiger partial charge on any atom is 0.197 e. The Morgan fingerprint density at radius 1 is 0.962 bits per heavy atom. The third-order valence-electron chi connectivity index (χ3n) is 4.53. The van der Waals surface area contributed by atoms with Crippen molar-refractivity contribution in [2.24, 2.45) is 5.73 Å². The Bertz CT molecular complexity index is 1040. The zero-order chi connectivity index (χ0) is 18.3. The van der Waals surface area contributed by atoms with Gasteiger partial charge < -0.3 is 5.73 Å². The first-order valence-electron chi connectivity index (χ1n) is 8.23. The van der Waals surface area contributed by atoms with Crippen LogP contribution in [0.4, 0.5) is 0 Å². The molecule has 0 bridgehead atoms. The number of carbonyl (C=O) groups excluding carboxylic acids is 1.